The molecule has 0 unspecified atom stereocenters. The summed E-state index contributed by atoms with van der Waals surface area (Å²) in [6.07, 6.45) is 0. The summed E-state index contributed by atoms with van der Waals surface area (Å²) in [5, 5.41) is 12.7. The summed E-state index contributed by atoms with van der Waals surface area (Å²) < 4.78 is 8.43. The van der Waals surface area contributed by atoms with Gasteiger partial charge in [-0.15, -0.1) is 11.3 Å². The lowest BCUT2D eigenvalue weighted by Gasteiger charge is -2.07. The van der Waals surface area contributed by atoms with E-state index in [1.54, 1.807) is 0 Å². The minimum atomic E-state index is 0.614. The Balaban J connectivity index is 1.87. The standard InChI is InChI=1S/C12H7ClN4S2/c13-9-3-4-10-12(17-19-16-10)11(9)15-6-8-2-1-7(5-14)18-8/h1-4,15H,6H2. The van der Waals surface area contributed by atoms with Crippen LogP contribution in [0, 0.1) is 11.3 Å². The van der Waals surface area contributed by atoms with Gasteiger partial charge in [-0.1, -0.05) is 11.6 Å². The van der Waals surface area contributed by atoms with Crippen LogP contribution in [0.15, 0.2) is 24.3 Å². The zero-order valence-corrected chi connectivity index (χ0v) is 11.9. The molecule has 4 nitrogen and oxygen atoms in total. The number of nitrogens with one attached hydrogen (secondary N) is 1. The number of rotatable bonds is 3. The van der Waals surface area contributed by atoms with Crippen LogP contribution >= 0.6 is 34.7 Å². The van der Waals surface area contributed by atoms with Gasteiger partial charge in [0, 0.05) is 11.4 Å². The third-order valence-electron chi connectivity index (χ3n) is 2.59. The second-order valence-electron chi connectivity index (χ2n) is 3.79. The fourth-order valence-corrected chi connectivity index (χ4v) is 3.21. The van der Waals surface area contributed by atoms with Gasteiger partial charge in [0.15, 0.2) is 0 Å². The summed E-state index contributed by atoms with van der Waals surface area (Å²) in [6.45, 7) is 0.614. The Hall–Kier alpha value is -1.68. The first-order valence-corrected chi connectivity index (χ1v) is 7.34. The Kier molecular flexibility index (Phi) is 3.34. The van der Waals surface area contributed by atoms with Crippen LogP contribution in [-0.2, 0) is 6.54 Å². The third kappa shape index (κ3) is 2.40. The van der Waals surface area contributed by atoms with Gasteiger partial charge in [0.05, 0.1) is 22.4 Å². The van der Waals surface area contributed by atoms with E-state index in [1.807, 2.05) is 24.3 Å². The zero-order chi connectivity index (χ0) is 13.2. The maximum Gasteiger partial charge on any atom is 0.129 e. The van der Waals surface area contributed by atoms with Gasteiger partial charge < -0.3 is 5.32 Å². The molecule has 7 heteroatoms. The van der Waals surface area contributed by atoms with Gasteiger partial charge >= 0.3 is 0 Å². The first-order valence-electron chi connectivity index (χ1n) is 5.41. The van der Waals surface area contributed by atoms with Crippen LogP contribution in [0.1, 0.15) is 9.75 Å². The van der Waals surface area contributed by atoms with E-state index in [1.165, 1.54) is 23.1 Å². The number of nitriles is 1. The van der Waals surface area contributed by atoms with E-state index in [0.29, 0.717) is 16.4 Å². The molecular weight excluding hydrogens is 300 g/mol. The molecule has 0 saturated heterocycles. The second-order valence-corrected chi connectivity index (χ2v) is 5.89. The van der Waals surface area contributed by atoms with E-state index in [-0.39, 0.29) is 0 Å². The molecule has 0 atom stereocenters. The van der Waals surface area contributed by atoms with Crippen LogP contribution < -0.4 is 5.32 Å². The Morgan fingerprint density at radius 3 is 2.95 bits per heavy atom. The molecule has 0 aliphatic rings. The first-order chi connectivity index (χ1) is 9.28. The Labute approximate surface area is 122 Å². The molecule has 0 amide bonds. The van der Waals surface area contributed by atoms with Crippen molar-refractivity contribution in [2.75, 3.05) is 5.32 Å². The van der Waals surface area contributed by atoms with Gasteiger partial charge in [0.25, 0.3) is 0 Å². The van der Waals surface area contributed by atoms with Crippen molar-refractivity contribution in [1.29, 1.82) is 5.26 Å². The molecule has 2 aromatic heterocycles. The molecule has 3 aromatic rings. The van der Waals surface area contributed by atoms with Gasteiger partial charge in [-0.25, -0.2) is 0 Å². The molecule has 0 fully saturated rings. The van der Waals surface area contributed by atoms with Crippen molar-refractivity contribution in [3.63, 3.8) is 0 Å². The summed E-state index contributed by atoms with van der Waals surface area (Å²) >= 11 is 8.82. The number of anilines is 1. The molecule has 94 valence electrons. The van der Waals surface area contributed by atoms with E-state index in [0.717, 1.165) is 21.6 Å². The lowest BCUT2D eigenvalue weighted by molar-refractivity contribution is 1.20. The monoisotopic (exact) mass is 306 g/mol. The van der Waals surface area contributed by atoms with E-state index in [4.69, 9.17) is 16.9 Å². The lowest BCUT2D eigenvalue weighted by Crippen LogP contribution is -1.98. The predicted octanol–water partition coefficient (Wildman–Crippen LogP) is 3.89. The smallest absolute Gasteiger partial charge is 0.129 e. The topological polar surface area (TPSA) is 61.6 Å². The average molecular weight is 307 g/mol. The number of hydrogen-bond donors (Lipinski definition) is 1. The first kappa shape index (κ1) is 12.4. The zero-order valence-electron chi connectivity index (χ0n) is 9.55. The molecule has 0 radical (unpaired) electrons. The molecule has 19 heavy (non-hydrogen) atoms. The molecule has 0 bridgehead atoms. The quantitative estimate of drug-likeness (QED) is 0.797. The van der Waals surface area contributed by atoms with Crippen molar-refractivity contribution in [3.8, 4) is 6.07 Å². The molecule has 0 aliphatic heterocycles. The summed E-state index contributed by atoms with van der Waals surface area (Å²) in [6, 6.07) is 9.53. The molecule has 3 rings (SSSR count). The number of fused-ring (bicyclic) bond motifs is 1. The highest BCUT2D eigenvalue weighted by Crippen LogP contribution is 2.30. The minimum absolute atomic E-state index is 0.614. The second kappa shape index (κ2) is 5.13. The van der Waals surface area contributed by atoms with Crippen LogP contribution in [-0.4, -0.2) is 8.75 Å². The van der Waals surface area contributed by atoms with Crippen molar-refractivity contribution < 1.29 is 0 Å². The summed E-state index contributed by atoms with van der Waals surface area (Å²) in [5.74, 6) is 0. The van der Waals surface area contributed by atoms with Crippen molar-refractivity contribution in [1.82, 2.24) is 8.75 Å². The molecule has 2 heterocycles. The van der Waals surface area contributed by atoms with E-state index < -0.39 is 0 Å². The van der Waals surface area contributed by atoms with Gasteiger partial charge in [0.2, 0.25) is 0 Å². The molecule has 1 aromatic carbocycles. The van der Waals surface area contributed by atoms with Gasteiger partial charge in [-0.3, -0.25) is 0 Å². The molecule has 1 N–H and O–H groups in total. The van der Waals surface area contributed by atoms with Gasteiger partial charge in [0.1, 0.15) is 22.0 Å². The number of nitrogens with zero attached hydrogens (tertiary/aromatic N) is 3. The highest BCUT2D eigenvalue weighted by Gasteiger charge is 2.10. The molecule has 0 saturated carbocycles. The fraction of sp³-hybridized carbons (Fsp3) is 0.0833. The fourth-order valence-electron chi connectivity index (χ4n) is 1.70. The van der Waals surface area contributed by atoms with Gasteiger partial charge in [-0.05, 0) is 24.3 Å². The van der Waals surface area contributed by atoms with Crippen molar-refractivity contribution in [3.05, 3.63) is 39.0 Å². The number of halogens is 1. The third-order valence-corrected chi connectivity index (χ3v) is 4.44. The normalized spacial score (nSPS) is 10.5. The largest absolute Gasteiger partial charge is 0.377 e. The van der Waals surface area contributed by atoms with Crippen molar-refractivity contribution >= 4 is 51.4 Å². The summed E-state index contributed by atoms with van der Waals surface area (Å²) in [4.78, 5) is 1.78. The van der Waals surface area contributed by atoms with E-state index >= 15 is 0 Å². The summed E-state index contributed by atoms with van der Waals surface area (Å²) in [7, 11) is 0. The van der Waals surface area contributed by atoms with Crippen molar-refractivity contribution in [2.45, 2.75) is 6.54 Å². The molecule has 0 aliphatic carbocycles. The Morgan fingerprint density at radius 2 is 2.16 bits per heavy atom. The van der Waals surface area contributed by atoms with Gasteiger partial charge in [-0.2, -0.15) is 14.0 Å². The number of thiophene rings is 1. The van der Waals surface area contributed by atoms with Crippen LogP contribution in [0.2, 0.25) is 5.02 Å². The minimum Gasteiger partial charge on any atom is -0.377 e. The lowest BCUT2D eigenvalue weighted by atomic mass is 10.2. The maximum absolute atomic E-state index is 8.80. The van der Waals surface area contributed by atoms with Crippen LogP contribution in [0.3, 0.4) is 0 Å². The maximum atomic E-state index is 8.80. The van der Waals surface area contributed by atoms with Crippen LogP contribution in [0.25, 0.3) is 11.0 Å². The van der Waals surface area contributed by atoms with E-state index in [9.17, 15) is 0 Å². The predicted molar refractivity (Wildman–Crippen MR) is 78.8 cm³/mol. The van der Waals surface area contributed by atoms with Crippen LogP contribution in [0.5, 0.6) is 0 Å². The Bertz CT molecular complexity index is 771. The summed E-state index contributed by atoms with van der Waals surface area (Å²) in [5.41, 5.74) is 2.41. The van der Waals surface area contributed by atoms with Crippen LogP contribution in [0.4, 0.5) is 5.69 Å². The van der Waals surface area contributed by atoms with Crippen molar-refractivity contribution in [2.24, 2.45) is 0 Å². The number of benzene rings is 1. The average Bonchev–Trinajstić information content (AvgIpc) is 3.05. The highest BCUT2D eigenvalue weighted by atomic mass is 35.5. The molecule has 0 spiro atoms. The SMILES string of the molecule is N#Cc1ccc(CNc2c(Cl)ccc3nsnc23)s1. The highest BCUT2D eigenvalue weighted by molar-refractivity contribution is 7.12. The molecular formula is C12H7ClN4S2. The Morgan fingerprint density at radius 1 is 1.26 bits per heavy atom. The number of aromatic nitrogens is 2. The van der Waals surface area contributed by atoms with E-state index in [2.05, 4.69) is 20.1 Å². The number of hydrogen-bond acceptors (Lipinski definition) is 6.